The van der Waals surface area contributed by atoms with Crippen LogP contribution >= 0.6 is 39.7 Å². The van der Waals surface area contributed by atoms with Crippen molar-refractivity contribution < 1.29 is 4.39 Å². The van der Waals surface area contributed by atoms with E-state index in [9.17, 15) is 4.39 Å². The Bertz CT molecular complexity index is 684. The van der Waals surface area contributed by atoms with E-state index in [0.29, 0.717) is 32.5 Å². The Labute approximate surface area is 146 Å². The third-order valence-electron chi connectivity index (χ3n) is 2.74. The van der Waals surface area contributed by atoms with Crippen molar-refractivity contribution in [2.24, 2.45) is 0 Å². The van der Waals surface area contributed by atoms with Crippen LogP contribution in [0.25, 0.3) is 0 Å². The highest BCUT2D eigenvalue weighted by atomic mass is 79.9. The third kappa shape index (κ3) is 4.28. The fraction of sp³-hybridized carbons (Fsp3) is 0.143. The molecule has 0 aliphatic carbocycles. The highest BCUT2D eigenvalue weighted by Gasteiger charge is 2.12. The van der Waals surface area contributed by atoms with Crippen LogP contribution in [0.2, 0.25) is 5.02 Å². The lowest BCUT2D eigenvalue weighted by Crippen LogP contribution is -2.28. The van der Waals surface area contributed by atoms with E-state index in [-0.39, 0.29) is 12.4 Å². The molecule has 0 unspecified atom stereocenters. The molecule has 2 aromatic rings. The van der Waals surface area contributed by atoms with Gasteiger partial charge in [-0.05, 0) is 40.3 Å². The van der Waals surface area contributed by atoms with Crippen molar-refractivity contribution in [1.82, 2.24) is 15.1 Å². The average Bonchev–Trinajstić information content (AvgIpc) is 2.81. The monoisotopic (exact) mass is 402 g/mol. The van der Waals surface area contributed by atoms with Gasteiger partial charge in [0, 0.05) is 23.3 Å². The van der Waals surface area contributed by atoms with Crippen molar-refractivity contribution in [3.05, 3.63) is 57.9 Å². The SMILES string of the molecule is C=CCNC(=S)Nc1nn(Cc2c(F)cccc2Cl)cc1Br. The van der Waals surface area contributed by atoms with Crippen LogP contribution in [0.4, 0.5) is 10.2 Å². The molecule has 0 amide bonds. The lowest BCUT2D eigenvalue weighted by molar-refractivity contribution is 0.586. The summed E-state index contributed by atoms with van der Waals surface area (Å²) in [7, 11) is 0. The lowest BCUT2D eigenvalue weighted by Gasteiger charge is -2.07. The van der Waals surface area contributed by atoms with Crippen LogP contribution in [0.5, 0.6) is 0 Å². The first-order chi connectivity index (χ1) is 10.5. The van der Waals surface area contributed by atoms with Gasteiger partial charge in [-0.25, -0.2) is 4.39 Å². The highest BCUT2D eigenvalue weighted by molar-refractivity contribution is 9.10. The molecule has 1 heterocycles. The Balaban J connectivity index is 2.13. The normalized spacial score (nSPS) is 10.3. The van der Waals surface area contributed by atoms with E-state index in [1.54, 1.807) is 29.1 Å². The molecule has 116 valence electrons. The van der Waals surface area contributed by atoms with E-state index in [0.717, 1.165) is 0 Å². The number of halogens is 3. The van der Waals surface area contributed by atoms with E-state index in [1.165, 1.54) is 6.07 Å². The number of nitrogens with one attached hydrogen (secondary N) is 2. The Morgan fingerprint density at radius 2 is 2.32 bits per heavy atom. The van der Waals surface area contributed by atoms with E-state index < -0.39 is 0 Å². The molecule has 1 aromatic carbocycles. The number of benzene rings is 1. The van der Waals surface area contributed by atoms with E-state index in [4.69, 9.17) is 23.8 Å². The Hall–Kier alpha value is -1.44. The Morgan fingerprint density at radius 1 is 1.55 bits per heavy atom. The van der Waals surface area contributed by atoms with Crippen LogP contribution in [0.1, 0.15) is 5.56 Å². The van der Waals surface area contributed by atoms with E-state index in [1.807, 2.05) is 0 Å². The van der Waals surface area contributed by atoms with Gasteiger partial charge in [-0.3, -0.25) is 4.68 Å². The zero-order valence-electron chi connectivity index (χ0n) is 11.4. The molecule has 0 fully saturated rings. The molecule has 2 N–H and O–H groups in total. The maximum Gasteiger partial charge on any atom is 0.172 e. The highest BCUT2D eigenvalue weighted by Crippen LogP contribution is 2.23. The van der Waals surface area contributed by atoms with Crippen molar-refractivity contribution >= 4 is 50.7 Å². The lowest BCUT2D eigenvalue weighted by atomic mass is 10.2. The largest absolute Gasteiger partial charge is 0.359 e. The predicted molar refractivity (Wildman–Crippen MR) is 94.9 cm³/mol. The van der Waals surface area contributed by atoms with Crippen molar-refractivity contribution in [2.45, 2.75) is 6.54 Å². The average molecular weight is 404 g/mol. The maximum absolute atomic E-state index is 13.8. The molecule has 22 heavy (non-hydrogen) atoms. The van der Waals surface area contributed by atoms with Gasteiger partial charge in [-0.15, -0.1) is 6.58 Å². The van der Waals surface area contributed by atoms with Crippen LogP contribution in [0.3, 0.4) is 0 Å². The van der Waals surface area contributed by atoms with Gasteiger partial charge in [-0.1, -0.05) is 23.7 Å². The van der Waals surface area contributed by atoms with Crippen LogP contribution in [0.15, 0.2) is 41.5 Å². The molecule has 0 aliphatic rings. The molecular formula is C14H13BrClFN4S. The van der Waals surface area contributed by atoms with Crippen molar-refractivity contribution in [3.8, 4) is 0 Å². The first-order valence-electron chi connectivity index (χ1n) is 6.33. The zero-order chi connectivity index (χ0) is 16.1. The van der Waals surface area contributed by atoms with Crippen molar-refractivity contribution in [3.63, 3.8) is 0 Å². The minimum absolute atomic E-state index is 0.221. The van der Waals surface area contributed by atoms with Gasteiger partial charge < -0.3 is 10.6 Å². The standard InChI is InChI=1S/C14H13BrClFN4S/c1-2-6-18-14(22)19-13-10(15)8-21(20-13)7-9-11(16)4-3-5-12(9)17/h2-5,8H,1,6-7H2,(H2,18,19,20,22). The summed E-state index contributed by atoms with van der Waals surface area (Å²) in [6.07, 6.45) is 3.42. The fourth-order valence-electron chi connectivity index (χ4n) is 1.72. The predicted octanol–water partition coefficient (Wildman–Crippen LogP) is 3.96. The first-order valence-corrected chi connectivity index (χ1v) is 7.90. The Kier molecular flexibility index (Phi) is 5.93. The minimum Gasteiger partial charge on any atom is -0.359 e. The van der Waals surface area contributed by atoms with Gasteiger partial charge in [0.25, 0.3) is 0 Å². The van der Waals surface area contributed by atoms with Crippen LogP contribution < -0.4 is 10.6 Å². The number of hydrogen-bond donors (Lipinski definition) is 2. The molecule has 0 saturated carbocycles. The summed E-state index contributed by atoms with van der Waals surface area (Å²) >= 11 is 14.5. The molecule has 0 radical (unpaired) electrons. The van der Waals surface area contributed by atoms with Gasteiger partial charge >= 0.3 is 0 Å². The maximum atomic E-state index is 13.8. The molecule has 8 heteroatoms. The fourth-order valence-corrected chi connectivity index (χ4v) is 2.54. The summed E-state index contributed by atoms with van der Waals surface area (Å²) in [5.41, 5.74) is 0.387. The molecule has 0 saturated heterocycles. The second-order valence-electron chi connectivity index (χ2n) is 4.35. The van der Waals surface area contributed by atoms with Crippen LogP contribution in [-0.4, -0.2) is 21.4 Å². The number of nitrogens with zero attached hydrogens (tertiary/aromatic N) is 2. The summed E-state index contributed by atoms with van der Waals surface area (Å²) in [6.45, 7) is 4.37. The molecule has 2 rings (SSSR count). The Morgan fingerprint density at radius 3 is 3.00 bits per heavy atom. The number of hydrogen-bond acceptors (Lipinski definition) is 2. The molecule has 0 aliphatic heterocycles. The van der Waals surface area contributed by atoms with E-state index >= 15 is 0 Å². The third-order valence-corrected chi connectivity index (χ3v) is 3.92. The zero-order valence-corrected chi connectivity index (χ0v) is 14.6. The summed E-state index contributed by atoms with van der Waals surface area (Å²) in [5.74, 6) is 0.172. The summed E-state index contributed by atoms with van der Waals surface area (Å²) in [6, 6.07) is 4.58. The van der Waals surface area contributed by atoms with Crippen molar-refractivity contribution in [1.29, 1.82) is 0 Å². The molecule has 4 nitrogen and oxygen atoms in total. The summed E-state index contributed by atoms with van der Waals surface area (Å²) in [5, 5.41) is 11.0. The van der Waals surface area contributed by atoms with Crippen molar-refractivity contribution in [2.75, 3.05) is 11.9 Å². The molecular weight excluding hydrogens is 391 g/mol. The second kappa shape index (κ2) is 7.71. The quantitative estimate of drug-likeness (QED) is 0.586. The summed E-state index contributed by atoms with van der Waals surface area (Å²) in [4.78, 5) is 0. The minimum atomic E-state index is -0.364. The van der Waals surface area contributed by atoms with Gasteiger partial charge in [-0.2, -0.15) is 5.10 Å². The molecule has 0 bridgehead atoms. The van der Waals surface area contributed by atoms with Gasteiger partial charge in [0.05, 0.1) is 11.0 Å². The number of aromatic nitrogens is 2. The van der Waals surface area contributed by atoms with Gasteiger partial charge in [0.2, 0.25) is 0 Å². The molecule has 0 spiro atoms. The van der Waals surface area contributed by atoms with Gasteiger partial charge in [0.1, 0.15) is 5.82 Å². The topological polar surface area (TPSA) is 41.9 Å². The number of rotatable bonds is 5. The van der Waals surface area contributed by atoms with Crippen LogP contribution in [0, 0.1) is 5.82 Å². The summed E-state index contributed by atoms with van der Waals surface area (Å²) < 4.78 is 16.1. The molecule has 0 atom stereocenters. The van der Waals surface area contributed by atoms with Crippen LogP contribution in [-0.2, 0) is 6.54 Å². The van der Waals surface area contributed by atoms with E-state index in [2.05, 4.69) is 38.2 Å². The smallest absolute Gasteiger partial charge is 0.172 e. The number of anilines is 1. The number of thiocarbonyl (C=S) groups is 1. The second-order valence-corrected chi connectivity index (χ2v) is 6.02. The van der Waals surface area contributed by atoms with Gasteiger partial charge in [0.15, 0.2) is 10.9 Å². The molecule has 1 aromatic heterocycles. The first kappa shape index (κ1) is 16.9.